The van der Waals surface area contributed by atoms with Gasteiger partial charge in [0, 0.05) is 6.42 Å². The number of rotatable bonds is 0. The summed E-state index contributed by atoms with van der Waals surface area (Å²) in [7, 11) is 0. The smallest absolute Gasteiger partial charge is 0.0922 e. The first-order valence-electron chi connectivity index (χ1n) is 5.44. The van der Waals surface area contributed by atoms with E-state index in [1.807, 2.05) is 12.2 Å². The lowest BCUT2D eigenvalue weighted by Gasteiger charge is -2.02. The van der Waals surface area contributed by atoms with Crippen LogP contribution in [0.15, 0.2) is 24.0 Å². The van der Waals surface area contributed by atoms with Crippen LogP contribution in [-0.2, 0) is 0 Å². The van der Waals surface area contributed by atoms with E-state index in [4.69, 9.17) is 0 Å². The van der Waals surface area contributed by atoms with E-state index in [-0.39, 0.29) is 0 Å². The first kappa shape index (κ1) is 10.4. The summed E-state index contributed by atoms with van der Waals surface area (Å²) in [6, 6.07) is 0. The van der Waals surface area contributed by atoms with Crippen LogP contribution in [0.1, 0.15) is 51.4 Å². The SMILES string of the molecule is OC1=C/C=C/CCCCCCCC1. The molecule has 1 N–H and O–H groups in total. The molecule has 1 aliphatic rings. The van der Waals surface area contributed by atoms with Crippen LogP contribution in [-0.4, -0.2) is 5.11 Å². The Hall–Kier alpha value is -0.720. The molecule has 0 bridgehead atoms. The third-order valence-corrected chi connectivity index (χ3v) is 2.48. The van der Waals surface area contributed by atoms with Gasteiger partial charge in [-0.1, -0.05) is 37.8 Å². The highest BCUT2D eigenvalue weighted by Crippen LogP contribution is 2.12. The molecule has 0 aromatic heterocycles. The van der Waals surface area contributed by atoms with Crippen LogP contribution in [0, 0.1) is 0 Å². The lowest BCUT2D eigenvalue weighted by atomic mass is 10.1. The fourth-order valence-electron chi connectivity index (χ4n) is 1.63. The quantitative estimate of drug-likeness (QED) is 0.594. The molecule has 0 aromatic rings. The van der Waals surface area contributed by atoms with E-state index in [0.29, 0.717) is 5.76 Å². The van der Waals surface area contributed by atoms with Crippen molar-refractivity contribution in [3.05, 3.63) is 24.0 Å². The summed E-state index contributed by atoms with van der Waals surface area (Å²) in [5.74, 6) is 0.539. The molecule has 0 spiro atoms. The Morgan fingerprint density at radius 1 is 0.923 bits per heavy atom. The van der Waals surface area contributed by atoms with Crippen molar-refractivity contribution in [2.75, 3.05) is 0 Å². The Labute approximate surface area is 81.2 Å². The Balaban J connectivity index is 2.34. The minimum Gasteiger partial charge on any atom is -0.512 e. The highest BCUT2D eigenvalue weighted by molar-refractivity contribution is 5.06. The van der Waals surface area contributed by atoms with Crippen molar-refractivity contribution in [3.63, 3.8) is 0 Å². The maximum Gasteiger partial charge on any atom is 0.0922 e. The van der Waals surface area contributed by atoms with Crippen molar-refractivity contribution in [1.29, 1.82) is 0 Å². The maximum absolute atomic E-state index is 9.40. The summed E-state index contributed by atoms with van der Waals surface area (Å²) >= 11 is 0. The van der Waals surface area contributed by atoms with Gasteiger partial charge >= 0.3 is 0 Å². The summed E-state index contributed by atoms with van der Waals surface area (Å²) in [4.78, 5) is 0. The van der Waals surface area contributed by atoms with E-state index >= 15 is 0 Å². The van der Waals surface area contributed by atoms with Gasteiger partial charge in [-0.2, -0.15) is 0 Å². The van der Waals surface area contributed by atoms with Crippen LogP contribution in [0.5, 0.6) is 0 Å². The van der Waals surface area contributed by atoms with Gasteiger partial charge in [-0.3, -0.25) is 0 Å². The molecule has 0 atom stereocenters. The summed E-state index contributed by atoms with van der Waals surface area (Å²) in [5, 5.41) is 9.40. The Kier molecular flexibility index (Phi) is 5.39. The zero-order chi connectivity index (χ0) is 9.36. The van der Waals surface area contributed by atoms with Crippen molar-refractivity contribution < 1.29 is 5.11 Å². The van der Waals surface area contributed by atoms with Gasteiger partial charge in [0.15, 0.2) is 0 Å². The van der Waals surface area contributed by atoms with Crippen LogP contribution in [0.25, 0.3) is 0 Å². The molecule has 0 saturated heterocycles. The maximum atomic E-state index is 9.40. The zero-order valence-corrected chi connectivity index (χ0v) is 8.34. The molecule has 1 heteroatoms. The minimum atomic E-state index is 0.539. The lowest BCUT2D eigenvalue weighted by Crippen LogP contribution is -1.85. The van der Waals surface area contributed by atoms with Crippen LogP contribution in [0.3, 0.4) is 0 Å². The molecule has 0 saturated carbocycles. The first-order chi connectivity index (χ1) is 6.39. The molecule has 13 heavy (non-hydrogen) atoms. The summed E-state index contributed by atoms with van der Waals surface area (Å²) < 4.78 is 0. The third-order valence-electron chi connectivity index (χ3n) is 2.48. The van der Waals surface area contributed by atoms with Crippen molar-refractivity contribution in [3.8, 4) is 0 Å². The van der Waals surface area contributed by atoms with Gasteiger partial charge in [0.05, 0.1) is 5.76 Å². The molecule has 0 unspecified atom stereocenters. The Morgan fingerprint density at radius 2 is 1.62 bits per heavy atom. The van der Waals surface area contributed by atoms with Gasteiger partial charge in [0.25, 0.3) is 0 Å². The van der Waals surface area contributed by atoms with E-state index in [1.165, 1.54) is 32.1 Å². The number of hydrogen-bond donors (Lipinski definition) is 1. The summed E-state index contributed by atoms with van der Waals surface area (Å²) in [6.45, 7) is 0. The average Bonchev–Trinajstić information content (AvgIpc) is 2.11. The van der Waals surface area contributed by atoms with Crippen LogP contribution < -0.4 is 0 Å². The van der Waals surface area contributed by atoms with Gasteiger partial charge in [0.1, 0.15) is 0 Å². The molecule has 1 nitrogen and oxygen atoms in total. The molecule has 0 heterocycles. The van der Waals surface area contributed by atoms with E-state index in [2.05, 4.69) is 6.08 Å². The van der Waals surface area contributed by atoms with Crippen molar-refractivity contribution in [2.24, 2.45) is 0 Å². The van der Waals surface area contributed by atoms with Gasteiger partial charge in [-0.25, -0.2) is 0 Å². The number of aliphatic hydroxyl groups excluding tert-OH is 1. The summed E-state index contributed by atoms with van der Waals surface area (Å²) in [5.41, 5.74) is 0. The first-order valence-corrected chi connectivity index (χ1v) is 5.44. The third kappa shape index (κ3) is 5.51. The highest BCUT2D eigenvalue weighted by Gasteiger charge is 1.95. The van der Waals surface area contributed by atoms with E-state index in [1.54, 1.807) is 0 Å². The molecule has 0 fully saturated rings. The average molecular weight is 180 g/mol. The molecule has 0 radical (unpaired) electrons. The predicted octanol–water partition coefficient (Wildman–Crippen LogP) is 4.12. The summed E-state index contributed by atoms with van der Waals surface area (Å²) in [6.07, 6.45) is 15.7. The van der Waals surface area contributed by atoms with E-state index in [0.717, 1.165) is 19.3 Å². The molecule has 0 aliphatic heterocycles. The standard InChI is InChI=1S/C12H20O/c13-12-10-8-6-4-2-1-3-5-7-9-11-12/h6,8,10,13H,1-5,7,9,11H2/b8-6+,12-10?. The van der Waals surface area contributed by atoms with E-state index in [9.17, 15) is 5.11 Å². The number of hydrogen-bond acceptors (Lipinski definition) is 1. The van der Waals surface area contributed by atoms with Crippen molar-refractivity contribution >= 4 is 0 Å². The molecule has 1 rings (SSSR count). The van der Waals surface area contributed by atoms with Gasteiger partial charge < -0.3 is 5.11 Å². The zero-order valence-electron chi connectivity index (χ0n) is 8.34. The second-order valence-electron chi connectivity index (χ2n) is 3.75. The normalized spacial score (nSPS) is 23.8. The minimum absolute atomic E-state index is 0.539. The van der Waals surface area contributed by atoms with Crippen LogP contribution in [0.4, 0.5) is 0 Å². The molecule has 1 aliphatic carbocycles. The Bertz CT molecular complexity index is 180. The second-order valence-corrected chi connectivity index (χ2v) is 3.75. The fraction of sp³-hybridized carbons (Fsp3) is 0.667. The van der Waals surface area contributed by atoms with E-state index < -0.39 is 0 Å². The van der Waals surface area contributed by atoms with Crippen LogP contribution in [0.2, 0.25) is 0 Å². The second kappa shape index (κ2) is 6.76. The lowest BCUT2D eigenvalue weighted by molar-refractivity contribution is 0.380. The molecule has 0 amide bonds. The Morgan fingerprint density at radius 3 is 2.46 bits per heavy atom. The van der Waals surface area contributed by atoms with Crippen LogP contribution >= 0.6 is 0 Å². The van der Waals surface area contributed by atoms with Crippen molar-refractivity contribution in [2.45, 2.75) is 51.4 Å². The largest absolute Gasteiger partial charge is 0.512 e. The molecular formula is C12H20O. The van der Waals surface area contributed by atoms with Gasteiger partial charge in [0.2, 0.25) is 0 Å². The number of aliphatic hydroxyl groups is 1. The van der Waals surface area contributed by atoms with Gasteiger partial charge in [-0.05, 0) is 25.3 Å². The monoisotopic (exact) mass is 180 g/mol. The highest BCUT2D eigenvalue weighted by atomic mass is 16.3. The number of allylic oxidation sites excluding steroid dienone is 4. The van der Waals surface area contributed by atoms with Crippen molar-refractivity contribution in [1.82, 2.24) is 0 Å². The van der Waals surface area contributed by atoms with Gasteiger partial charge in [-0.15, -0.1) is 0 Å². The topological polar surface area (TPSA) is 20.2 Å². The molecular weight excluding hydrogens is 160 g/mol. The fourth-order valence-corrected chi connectivity index (χ4v) is 1.63. The predicted molar refractivity (Wildman–Crippen MR) is 56.8 cm³/mol. The molecule has 0 aromatic carbocycles. The molecule has 74 valence electrons.